The van der Waals surface area contributed by atoms with E-state index in [1.807, 2.05) is 12.1 Å². The quantitative estimate of drug-likeness (QED) is 0.349. The fourth-order valence-corrected chi connectivity index (χ4v) is 6.10. The summed E-state index contributed by atoms with van der Waals surface area (Å²) >= 11 is 0. The molecule has 3 aliphatic rings. The highest BCUT2D eigenvalue weighted by molar-refractivity contribution is 5.99. The molecule has 13 heteroatoms. The first-order valence-corrected chi connectivity index (χ1v) is 13.7. The number of hydrogen-bond acceptors (Lipinski definition) is 6. The van der Waals surface area contributed by atoms with Crippen LogP contribution in [-0.2, 0) is 23.8 Å². The SMILES string of the molecule is C=CC(=O)N1CCc2nn(-c3ccc(C4CCC4)cc3O)c3c2C(C1)N(C(=O)c1cnc(C(F)(F)F)c(F)c1N)CC3. The average molecular weight is 585 g/mol. The number of aromatic hydroxyl groups is 1. The zero-order valence-corrected chi connectivity index (χ0v) is 22.5. The molecule has 0 saturated heterocycles. The second-order valence-electron chi connectivity index (χ2n) is 10.8. The number of hydrogen-bond donors (Lipinski definition) is 2. The Balaban J connectivity index is 1.41. The van der Waals surface area contributed by atoms with Crippen molar-refractivity contribution in [3.63, 3.8) is 0 Å². The number of halogens is 4. The molecule has 1 atom stereocenters. The minimum Gasteiger partial charge on any atom is -0.506 e. The maximum atomic E-state index is 14.6. The normalized spacial score (nSPS) is 18.7. The number of nitrogens with two attached hydrogens (primary N) is 1. The highest BCUT2D eigenvalue weighted by Crippen LogP contribution is 2.42. The lowest BCUT2D eigenvalue weighted by atomic mass is 9.80. The van der Waals surface area contributed by atoms with Gasteiger partial charge >= 0.3 is 6.18 Å². The Morgan fingerprint density at radius 1 is 1.17 bits per heavy atom. The lowest BCUT2D eigenvalue weighted by Crippen LogP contribution is -2.46. The van der Waals surface area contributed by atoms with E-state index in [-0.39, 0.29) is 37.7 Å². The topological polar surface area (TPSA) is 118 Å². The van der Waals surface area contributed by atoms with E-state index < -0.39 is 40.9 Å². The van der Waals surface area contributed by atoms with Crippen LogP contribution < -0.4 is 5.73 Å². The van der Waals surface area contributed by atoms with E-state index in [9.17, 15) is 32.3 Å². The molecule has 0 radical (unpaired) electrons. The molecule has 1 aliphatic carbocycles. The van der Waals surface area contributed by atoms with Gasteiger partial charge in [-0.1, -0.05) is 19.1 Å². The zero-order chi connectivity index (χ0) is 29.9. The summed E-state index contributed by atoms with van der Waals surface area (Å²) in [5, 5.41) is 15.8. The summed E-state index contributed by atoms with van der Waals surface area (Å²) in [7, 11) is 0. The standard InChI is InChI=1S/C29H28F4N6O3/c1-2-23(41)37-10-8-18-24-20(39(36-18)19-7-6-16(12-22(19)40)15-4-3-5-15)9-11-38(21(24)14-37)28(42)17-13-35-27(29(31,32)33)25(30)26(17)34/h2,6-7,12-13,15,21,40H,1,3-5,8-11,14H2,(H2,34,35). The van der Waals surface area contributed by atoms with E-state index in [1.54, 1.807) is 10.7 Å². The van der Waals surface area contributed by atoms with Crippen molar-refractivity contribution >= 4 is 17.5 Å². The molecule has 42 heavy (non-hydrogen) atoms. The van der Waals surface area contributed by atoms with Gasteiger partial charge in [0.05, 0.1) is 28.7 Å². The van der Waals surface area contributed by atoms with Gasteiger partial charge < -0.3 is 20.6 Å². The predicted octanol–water partition coefficient (Wildman–Crippen LogP) is 4.29. The van der Waals surface area contributed by atoms with Gasteiger partial charge in [0.25, 0.3) is 5.91 Å². The molecule has 3 N–H and O–H groups in total. The molecule has 1 saturated carbocycles. The van der Waals surface area contributed by atoms with Crippen LogP contribution in [0.25, 0.3) is 5.69 Å². The summed E-state index contributed by atoms with van der Waals surface area (Å²) in [5.41, 5.74) is 6.01. The van der Waals surface area contributed by atoms with E-state index in [4.69, 9.17) is 10.8 Å². The molecule has 1 fully saturated rings. The number of rotatable bonds is 4. The molecule has 6 rings (SSSR count). The number of carbonyl (C=O) groups excluding carboxylic acids is 2. The van der Waals surface area contributed by atoms with E-state index >= 15 is 0 Å². The van der Waals surface area contributed by atoms with Crippen molar-refractivity contribution < 1.29 is 32.3 Å². The first-order chi connectivity index (χ1) is 20.0. The van der Waals surface area contributed by atoms with Gasteiger partial charge in [-0.05, 0) is 42.5 Å². The second-order valence-corrected chi connectivity index (χ2v) is 10.8. The van der Waals surface area contributed by atoms with Crippen LogP contribution in [0, 0.1) is 5.82 Å². The van der Waals surface area contributed by atoms with Crippen LogP contribution in [0.1, 0.15) is 69.8 Å². The Hall–Kier alpha value is -4.42. The number of carbonyl (C=O) groups is 2. The van der Waals surface area contributed by atoms with Crippen molar-refractivity contribution in [3.05, 3.63) is 76.6 Å². The number of nitrogen functional groups attached to an aromatic ring is 1. The minimum atomic E-state index is -5.09. The Morgan fingerprint density at radius 3 is 2.57 bits per heavy atom. The van der Waals surface area contributed by atoms with Crippen LogP contribution in [0.2, 0.25) is 0 Å². The van der Waals surface area contributed by atoms with Gasteiger partial charge in [0, 0.05) is 44.2 Å². The summed E-state index contributed by atoms with van der Waals surface area (Å²) in [6.45, 7) is 3.95. The maximum Gasteiger partial charge on any atom is 0.436 e. The van der Waals surface area contributed by atoms with Gasteiger partial charge in [-0.15, -0.1) is 0 Å². The molecular formula is C29H28F4N6O3. The summed E-state index contributed by atoms with van der Waals surface area (Å²) in [4.78, 5) is 32.4. The van der Waals surface area contributed by atoms with Gasteiger partial charge in [0.2, 0.25) is 5.91 Å². The Bertz CT molecular complexity index is 1610. The highest BCUT2D eigenvalue weighted by Gasteiger charge is 2.42. The molecular weight excluding hydrogens is 556 g/mol. The lowest BCUT2D eigenvalue weighted by molar-refractivity contribution is -0.143. The van der Waals surface area contributed by atoms with Crippen LogP contribution in [0.15, 0.2) is 37.1 Å². The molecule has 4 heterocycles. The van der Waals surface area contributed by atoms with Crippen molar-refractivity contribution in [1.82, 2.24) is 24.6 Å². The van der Waals surface area contributed by atoms with Gasteiger partial charge in [-0.25, -0.2) is 14.1 Å². The van der Waals surface area contributed by atoms with Crippen molar-refractivity contribution in [2.45, 2.75) is 50.2 Å². The number of amides is 2. The number of aromatic nitrogens is 3. The summed E-state index contributed by atoms with van der Waals surface area (Å²) < 4.78 is 55.8. The molecule has 2 aromatic heterocycles. The molecule has 1 unspecified atom stereocenters. The largest absolute Gasteiger partial charge is 0.506 e. The fourth-order valence-electron chi connectivity index (χ4n) is 6.10. The molecule has 1 aromatic carbocycles. The monoisotopic (exact) mass is 584 g/mol. The fraction of sp³-hybridized carbons (Fsp3) is 0.379. The second kappa shape index (κ2) is 10.1. The molecule has 0 bridgehead atoms. The van der Waals surface area contributed by atoms with Gasteiger partial charge in [-0.3, -0.25) is 9.59 Å². The first-order valence-electron chi connectivity index (χ1n) is 13.7. The Labute approximate surface area is 238 Å². The maximum absolute atomic E-state index is 14.6. The Kier molecular flexibility index (Phi) is 6.70. The number of alkyl halides is 3. The minimum absolute atomic E-state index is 0.0470. The van der Waals surface area contributed by atoms with E-state index in [0.717, 1.165) is 36.6 Å². The highest BCUT2D eigenvalue weighted by atomic mass is 19.4. The smallest absolute Gasteiger partial charge is 0.436 e. The third kappa shape index (κ3) is 4.47. The van der Waals surface area contributed by atoms with Crippen LogP contribution in [0.3, 0.4) is 0 Å². The molecule has 220 valence electrons. The van der Waals surface area contributed by atoms with Gasteiger partial charge in [-0.2, -0.15) is 18.3 Å². The van der Waals surface area contributed by atoms with Crippen molar-refractivity contribution in [3.8, 4) is 11.4 Å². The third-order valence-electron chi connectivity index (χ3n) is 8.52. The number of nitrogens with zero attached hydrogens (tertiary/aromatic N) is 5. The molecule has 3 aromatic rings. The molecule has 2 amide bonds. The number of phenolic OH excluding ortho intramolecular Hbond substituents is 1. The molecule has 0 spiro atoms. The summed E-state index contributed by atoms with van der Waals surface area (Å²) in [5.74, 6) is -2.50. The molecule has 9 nitrogen and oxygen atoms in total. The predicted molar refractivity (Wildman–Crippen MR) is 143 cm³/mol. The van der Waals surface area contributed by atoms with E-state index in [0.29, 0.717) is 35.5 Å². The van der Waals surface area contributed by atoms with Crippen molar-refractivity contribution in [2.75, 3.05) is 25.4 Å². The number of phenols is 1. The van der Waals surface area contributed by atoms with E-state index in [2.05, 4.69) is 11.6 Å². The zero-order valence-electron chi connectivity index (χ0n) is 22.5. The first kappa shape index (κ1) is 27.7. The lowest BCUT2D eigenvalue weighted by Gasteiger charge is -2.38. The van der Waals surface area contributed by atoms with Gasteiger partial charge in [0.1, 0.15) is 11.4 Å². The summed E-state index contributed by atoms with van der Waals surface area (Å²) in [6.07, 6.45) is 0.655. The third-order valence-corrected chi connectivity index (χ3v) is 8.52. The number of pyridine rings is 1. The summed E-state index contributed by atoms with van der Waals surface area (Å²) in [6, 6.07) is 4.79. The van der Waals surface area contributed by atoms with Crippen LogP contribution >= 0.6 is 0 Å². The van der Waals surface area contributed by atoms with Gasteiger partial charge in [0.15, 0.2) is 11.5 Å². The van der Waals surface area contributed by atoms with Crippen molar-refractivity contribution in [2.24, 2.45) is 0 Å². The van der Waals surface area contributed by atoms with E-state index in [1.165, 1.54) is 9.80 Å². The number of benzene rings is 1. The van der Waals surface area contributed by atoms with Crippen LogP contribution in [-0.4, -0.2) is 61.1 Å². The molecule has 2 aliphatic heterocycles. The van der Waals surface area contributed by atoms with Crippen molar-refractivity contribution in [1.29, 1.82) is 0 Å². The Morgan fingerprint density at radius 2 is 1.93 bits per heavy atom. The van der Waals surface area contributed by atoms with Crippen LogP contribution in [0.5, 0.6) is 5.75 Å². The van der Waals surface area contributed by atoms with Crippen LogP contribution in [0.4, 0.5) is 23.2 Å². The average Bonchev–Trinajstić information content (AvgIpc) is 3.17. The number of anilines is 1.